The molecule has 13 heavy (non-hydrogen) atoms. The minimum Gasteiger partial charge on any atom is -0.480 e. The van der Waals surface area contributed by atoms with Gasteiger partial charge in [-0.3, -0.25) is 4.79 Å². The van der Waals surface area contributed by atoms with E-state index < -0.39 is 12.0 Å². The lowest BCUT2D eigenvalue weighted by Gasteiger charge is -2.12. The molecule has 0 saturated heterocycles. The lowest BCUT2D eigenvalue weighted by molar-refractivity contribution is -0.141. The van der Waals surface area contributed by atoms with Crippen molar-refractivity contribution in [3.63, 3.8) is 0 Å². The molecular formula is C8H16N2O3. The highest BCUT2D eigenvalue weighted by atomic mass is 16.4. The van der Waals surface area contributed by atoms with E-state index in [1.165, 1.54) is 0 Å². The Hall–Kier alpha value is -1.10. The van der Waals surface area contributed by atoms with Gasteiger partial charge in [-0.05, 0) is 13.5 Å². The van der Waals surface area contributed by atoms with Crippen molar-refractivity contribution in [1.29, 1.82) is 0 Å². The fourth-order valence-electron chi connectivity index (χ4n) is 0.952. The van der Waals surface area contributed by atoms with Crippen molar-refractivity contribution in [2.75, 3.05) is 13.6 Å². The molecule has 5 heteroatoms. The molecule has 0 rings (SSSR count). The summed E-state index contributed by atoms with van der Waals surface area (Å²) >= 11 is 0. The van der Waals surface area contributed by atoms with Gasteiger partial charge in [-0.15, -0.1) is 0 Å². The Morgan fingerprint density at radius 1 is 1.46 bits per heavy atom. The zero-order valence-electron chi connectivity index (χ0n) is 7.96. The quantitative estimate of drug-likeness (QED) is 0.529. The van der Waals surface area contributed by atoms with Crippen molar-refractivity contribution in [2.45, 2.75) is 25.8 Å². The number of rotatable bonds is 6. The van der Waals surface area contributed by atoms with Gasteiger partial charge in [-0.25, -0.2) is 4.79 Å². The largest absolute Gasteiger partial charge is 0.480 e. The third kappa shape index (κ3) is 5.19. The van der Waals surface area contributed by atoms with Gasteiger partial charge in [0.1, 0.15) is 6.04 Å². The fraction of sp³-hybridized carbons (Fsp3) is 0.750. The second kappa shape index (κ2) is 6.42. The Balaban J connectivity index is 3.94. The number of amides is 1. The summed E-state index contributed by atoms with van der Waals surface area (Å²) in [5.74, 6) is -1.27. The van der Waals surface area contributed by atoms with E-state index in [0.29, 0.717) is 6.42 Å². The van der Waals surface area contributed by atoms with E-state index in [-0.39, 0.29) is 12.5 Å². The molecule has 0 radical (unpaired) electrons. The van der Waals surface area contributed by atoms with Crippen LogP contribution in [-0.2, 0) is 9.59 Å². The summed E-state index contributed by atoms with van der Waals surface area (Å²) in [5, 5.41) is 13.8. The van der Waals surface area contributed by atoms with E-state index in [4.69, 9.17) is 5.11 Å². The van der Waals surface area contributed by atoms with Crippen LogP contribution in [0.2, 0.25) is 0 Å². The number of aliphatic carboxylic acids is 1. The number of hydrogen-bond acceptors (Lipinski definition) is 3. The van der Waals surface area contributed by atoms with Crippen LogP contribution in [0.15, 0.2) is 0 Å². The SMILES string of the molecule is CCCC(NC(=O)CNC)C(=O)O. The molecule has 0 fully saturated rings. The van der Waals surface area contributed by atoms with Gasteiger partial charge in [0.05, 0.1) is 6.54 Å². The third-order valence-corrected chi connectivity index (χ3v) is 1.55. The van der Waals surface area contributed by atoms with Gasteiger partial charge in [0, 0.05) is 0 Å². The number of nitrogens with one attached hydrogen (secondary N) is 2. The zero-order valence-corrected chi connectivity index (χ0v) is 7.96. The van der Waals surface area contributed by atoms with Gasteiger partial charge in [0.2, 0.25) is 5.91 Å². The van der Waals surface area contributed by atoms with Crippen molar-refractivity contribution < 1.29 is 14.7 Å². The minimum atomic E-state index is -0.980. The van der Waals surface area contributed by atoms with E-state index in [0.717, 1.165) is 6.42 Å². The fourth-order valence-corrected chi connectivity index (χ4v) is 0.952. The highest BCUT2D eigenvalue weighted by Gasteiger charge is 2.17. The number of carbonyl (C=O) groups excluding carboxylic acids is 1. The van der Waals surface area contributed by atoms with Crippen LogP contribution in [0, 0.1) is 0 Å². The molecular weight excluding hydrogens is 172 g/mol. The molecule has 0 bridgehead atoms. The van der Waals surface area contributed by atoms with Gasteiger partial charge in [0.15, 0.2) is 0 Å². The molecule has 0 aromatic carbocycles. The predicted octanol–water partition coefficient (Wildman–Crippen LogP) is -0.425. The second-order valence-electron chi connectivity index (χ2n) is 2.78. The summed E-state index contributed by atoms with van der Waals surface area (Å²) in [7, 11) is 1.63. The first-order valence-electron chi connectivity index (χ1n) is 4.28. The van der Waals surface area contributed by atoms with Crippen LogP contribution >= 0.6 is 0 Å². The van der Waals surface area contributed by atoms with E-state index in [1.807, 2.05) is 6.92 Å². The standard InChI is InChI=1S/C8H16N2O3/c1-3-4-6(8(12)13)10-7(11)5-9-2/h6,9H,3-5H2,1-2H3,(H,10,11)(H,12,13). The van der Waals surface area contributed by atoms with E-state index in [1.54, 1.807) is 7.05 Å². The number of carboxylic acids is 1. The Kier molecular flexibility index (Phi) is 5.88. The monoisotopic (exact) mass is 188 g/mol. The Morgan fingerprint density at radius 3 is 2.46 bits per heavy atom. The van der Waals surface area contributed by atoms with E-state index >= 15 is 0 Å². The highest BCUT2D eigenvalue weighted by Crippen LogP contribution is 1.96. The molecule has 0 saturated carbocycles. The normalized spacial score (nSPS) is 12.2. The molecule has 0 aromatic heterocycles. The molecule has 0 spiro atoms. The van der Waals surface area contributed by atoms with Gasteiger partial charge in [-0.1, -0.05) is 13.3 Å². The average Bonchev–Trinajstić information content (AvgIpc) is 2.04. The number of carbonyl (C=O) groups is 2. The molecule has 3 N–H and O–H groups in total. The lowest BCUT2D eigenvalue weighted by Crippen LogP contribution is -2.43. The molecule has 0 heterocycles. The molecule has 0 aliphatic carbocycles. The van der Waals surface area contributed by atoms with Crippen molar-refractivity contribution >= 4 is 11.9 Å². The van der Waals surface area contributed by atoms with Gasteiger partial charge < -0.3 is 15.7 Å². The van der Waals surface area contributed by atoms with E-state index in [9.17, 15) is 9.59 Å². The van der Waals surface area contributed by atoms with E-state index in [2.05, 4.69) is 10.6 Å². The van der Waals surface area contributed by atoms with Gasteiger partial charge in [0.25, 0.3) is 0 Å². The number of hydrogen-bond donors (Lipinski definition) is 3. The van der Waals surface area contributed by atoms with Gasteiger partial charge >= 0.3 is 5.97 Å². The summed E-state index contributed by atoms with van der Waals surface area (Å²) in [4.78, 5) is 21.6. The van der Waals surface area contributed by atoms with Crippen LogP contribution in [0.4, 0.5) is 0 Å². The highest BCUT2D eigenvalue weighted by molar-refractivity contribution is 5.84. The zero-order chi connectivity index (χ0) is 10.3. The Labute approximate surface area is 77.5 Å². The molecule has 1 atom stereocenters. The number of likely N-dealkylation sites (N-methyl/N-ethyl adjacent to an activating group) is 1. The summed E-state index contributed by atoms with van der Waals surface area (Å²) in [6.07, 6.45) is 1.20. The summed E-state index contributed by atoms with van der Waals surface area (Å²) in [6, 6.07) is -0.758. The molecule has 1 unspecified atom stereocenters. The molecule has 0 aromatic rings. The third-order valence-electron chi connectivity index (χ3n) is 1.55. The van der Waals surface area contributed by atoms with Crippen molar-refractivity contribution in [2.24, 2.45) is 0 Å². The molecule has 0 aliphatic rings. The first kappa shape index (κ1) is 11.9. The van der Waals surface area contributed by atoms with Crippen molar-refractivity contribution in [1.82, 2.24) is 10.6 Å². The van der Waals surface area contributed by atoms with Crippen molar-refractivity contribution in [3.05, 3.63) is 0 Å². The Bertz CT molecular complexity index is 182. The topological polar surface area (TPSA) is 78.4 Å². The van der Waals surface area contributed by atoms with Crippen LogP contribution < -0.4 is 10.6 Å². The van der Waals surface area contributed by atoms with Crippen LogP contribution in [0.3, 0.4) is 0 Å². The Morgan fingerprint density at radius 2 is 2.08 bits per heavy atom. The summed E-state index contributed by atoms with van der Waals surface area (Å²) < 4.78 is 0. The maximum absolute atomic E-state index is 11.0. The first-order chi connectivity index (χ1) is 6.11. The predicted molar refractivity (Wildman–Crippen MR) is 48.4 cm³/mol. The lowest BCUT2D eigenvalue weighted by atomic mass is 10.2. The molecule has 76 valence electrons. The minimum absolute atomic E-state index is 0.146. The molecule has 1 amide bonds. The first-order valence-corrected chi connectivity index (χ1v) is 4.28. The van der Waals surface area contributed by atoms with Crippen LogP contribution in [0.5, 0.6) is 0 Å². The smallest absolute Gasteiger partial charge is 0.326 e. The molecule has 0 aliphatic heterocycles. The maximum Gasteiger partial charge on any atom is 0.326 e. The maximum atomic E-state index is 11.0. The summed E-state index contributed by atoms with van der Waals surface area (Å²) in [6.45, 7) is 2.02. The van der Waals surface area contributed by atoms with Crippen LogP contribution in [-0.4, -0.2) is 36.6 Å². The molecule has 5 nitrogen and oxygen atoms in total. The second-order valence-corrected chi connectivity index (χ2v) is 2.78. The van der Waals surface area contributed by atoms with Crippen LogP contribution in [0.25, 0.3) is 0 Å². The summed E-state index contributed by atoms with van der Waals surface area (Å²) in [5.41, 5.74) is 0. The number of carboxylic acid groups (broad SMARTS) is 1. The average molecular weight is 188 g/mol. The van der Waals surface area contributed by atoms with Crippen LogP contribution in [0.1, 0.15) is 19.8 Å². The van der Waals surface area contributed by atoms with Gasteiger partial charge in [-0.2, -0.15) is 0 Å². The van der Waals surface area contributed by atoms with Crippen molar-refractivity contribution in [3.8, 4) is 0 Å².